The van der Waals surface area contributed by atoms with E-state index in [1.54, 1.807) is 0 Å². The summed E-state index contributed by atoms with van der Waals surface area (Å²) in [7, 11) is 0. The van der Waals surface area contributed by atoms with Crippen molar-refractivity contribution in [1.82, 2.24) is 0 Å². The predicted molar refractivity (Wildman–Crippen MR) is 36.0 cm³/mol. The first-order chi connectivity index (χ1) is 3.00. The molecule has 34 valence electrons. The summed E-state index contributed by atoms with van der Waals surface area (Å²) < 4.78 is 3.67. The van der Waals surface area contributed by atoms with Crippen LogP contribution < -0.4 is 0 Å². The van der Waals surface area contributed by atoms with Gasteiger partial charge in [0, 0.05) is 0 Å². The molecule has 1 aliphatic heterocycles. The number of rotatable bonds is 0. The maximum atomic E-state index is 2.31. The number of hydrogen-bond acceptors (Lipinski definition) is 0. The van der Waals surface area contributed by atoms with Crippen molar-refractivity contribution >= 4 is 50.5 Å². The summed E-state index contributed by atoms with van der Waals surface area (Å²) in [5.74, 6) is 0. The van der Waals surface area contributed by atoms with Gasteiger partial charge < -0.3 is 0 Å². The molecule has 0 spiro atoms. The van der Waals surface area contributed by atoms with Crippen LogP contribution in [-0.4, -0.2) is 50.5 Å². The van der Waals surface area contributed by atoms with E-state index in [0.29, 0.717) is 20.9 Å². The molecule has 0 radical (unpaired) electrons. The van der Waals surface area contributed by atoms with Crippen molar-refractivity contribution in [1.29, 1.82) is 0 Å². The molecule has 0 aromatic rings. The summed E-state index contributed by atoms with van der Waals surface area (Å²) in [6, 6.07) is 0. The van der Waals surface area contributed by atoms with Crippen molar-refractivity contribution in [3.05, 3.63) is 22.4 Å². The van der Waals surface area contributed by atoms with E-state index < -0.39 is 0 Å². The average molecular weight is 218 g/mol. The van der Waals surface area contributed by atoms with E-state index in [1.165, 1.54) is 4.47 Å². The summed E-state index contributed by atoms with van der Waals surface area (Å²) >= 11 is 0.305. The van der Waals surface area contributed by atoms with Crippen LogP contribution in [0.2, 0.25) is 4.47 Å². The molecular formula is C5H7NaTe. The quantitative estimate of drug-likeness (QED) is 0.520. The van der Waals surface area contributed by atoms with Crippen LogP contribution in [-0.2, 0) is 0 Å². The normalized spacial score (nSPS) is 16.0. The molecule has 0 nitrogen and oxygen atoms in total. The average Bonchev–Trinajstić information content (AvgIpc) is 1.72. The van der Waals surface area contributed by atoms with Gasteiger partial charge in [-0.3, -0.25) is 0 Å². The van der Waals surface area contributed by atoms with Crippen LogP contribution >= 0.6 is 0 Å². The predicted octanol–water partition coefficient (Wildman–Crippen LogP) is 0.544. The van der Waals surface area contributed by atoms with Crippen LogP contribution in [0.4, 0.5) is 0 Å². The Balaban J connectivity index is 0.000000360. The Morgan fingerprint density at radius 1 is 1.29 bits per heavy atom. The molecule has 0 saturated carbocycles. The van der Waals surface area contributed by atoms with Gasteiger partial charge in [0.1, 0.15) is 0 Å². The van der Waals surface area contributed by atoms with Gasteiger partial charge in [0.05, 0.1) is 0 Å². The van der Waals surface area contributed by atoms with Crippen molar-refractivity contribution in [3.8, 4) is 0 Å². The fourth-order valence-corrected chi connectivity index (χ4v) is 1.87. The second-order valence-electron chi connectivity index (χ2n) is 1.09. The Morgan fingerprint density at radius 3 is 2.29 bits per heavy atom. The zero-order valence-corrected chi connectivity index (χ0v) is 5.76. The maximum absolute atomic E-state index is 2.31. The van der Waals surface area contributed by atoms with Gasteiger partial charge in [-0.25, -0.2) is 0 Å². The molecule has 0 N–H and O–H groups in total. The molecule has 7 heavy (non-hydrogen) atoms. The van der Waals surface area contributed by atoms with Gasteiger partial charge in [-0.1, -0.05) is 0 Å². The summed E-state index contributed by atoms with van der Waals surface area (Å²) in [4.78, 5) is 0. The first-order valence-electron chi connectivity index (χ1n) is 1.93. The Morgan fingerprint density at radius 2 is 2.14 bits per heavy atom. The van der Waals surface area contributed by atoms with Crippen LogP contribution in [0.1, 0.15) is 0 Å². The van der Waals surface area contributed by atoms with Crippen molar-refractivity contribution in [2.75, 3.05) is 0 Å². The third-order valence-electron chi connectivity index (χ3n) is 0.614. The fraction of sp³-hybridized carbons (Fsp3) is 0.200. The standard InChI is InChI=1S/C5H6Te.Na.H/c1-2-4-6-5-3-1;;/h1-4H,5H2;;. The fourth-order valence-electron chi connectivity index (χ4n) is 0.346. The van der Waals surface area contributed by atoms with Gasteiger partial charge in [-0.05, 0) is 0 Å². The Hall–Kier alpha value is 1.27. The Labute approximate surface area is 76.4 Å². The zero-order chi connectivity index (χ0) is 4.24. The van der Waals surface area contributed by atoms with E-state index in [0.717, 1.165) is 0 Å². The molecule has 0 atom stereocenters. The third kappa shape index (κ3) is 3.82. The molecule has 0 aromatic heterocycles. The summed E-state index contributed by atoms with van der Waals surface area (Å²) in [6.07, 6.45) is 6.50. The molecule has 0 saturated heterocycles. The van der Waals surface area contributed by atoms with Crippen molar-refractivity contribution in [2.45, 2.75) is 4.47 Å². The van der Waals surface area contributed by atoms with Crippen LogP contribution in [0.5, 0.6) is 0 Å². The van der Waals surface area contributed by atoms with Crippen molar-refractivity contribution < 1.29 is 0 Å². The number of hydrogen-bond donors (Lipinski definition) is 0. The van der Waals surface area contributed by atoms with E-state index in [1.807, 2.05) is 0 Å². The summed E-state index contributed by atoms with van der Waals surface area (Å²) in [5.41, 5.74) is 0. The molecule has 0 amide bonds. The second kappa shape index (κ2) is 5.41. The van der Waals surface area contributed by atoms with Crippen LogP contribution in [0.3, 0.4) is 0 Å². The van der Waals surface area contributed by atoms with Gasteiger partial charge in [0.2, 0.25) is 0 Å². The third-order valence-corrected chi connectivity index (χ3v) is 2.71. The molecule has 1 aliphatic rings. The van der Waals surface area contributed by atoms with E-state index in [9.17, 15) is 0 Å². The van der Waals surface area contributed by atoms with Gasteiger partial charge in [0.25, 0.3) is 0 Å². The Kier molecular flexibility index (Phi) is 6.39. The van der Waals surface area contributed by atoms with E-state index in [2.05, 4.69) is 22.4 Å². The first kappa shape index (κ1) is 8.27. The van der Waals surface area contributed by atoms with E-state index >= 15 is 0 Å². The molecule has 0 fully saturated rings. The monoisotopic (exact) mass is 220 g/mol. The zero-order valence-electron chi connectivity index (χ0n) is 3.42. The SMILES string of the molecule is C1=CC[Te]C=C1.[NaH]. The minimum absolute atomic E-state index is 0. The van der Waals surface area contributed by atoms with Gasteiger partial charge >= 0.3 is 77.3 Å². The molecule has 2 heteroatoms. The molecule has 0 bridgehead atoms. The second-order valence-corrected chi connectivity index (χ2v) is 3.77. The molecule has 0 unspecified atom stereocenters. The number of allylic oxidation sites excluding steroid dienone is 3. The molecule has 1 heterocycles. The molecule has 0 aliphatic carbocycles. The molecular weight excluding hydrogens is 211 g/mol. The molecule has 1 rings (SSSR count). The Bertz CT molecular complexity index is 74.1. The van der Waals surface area contributed by atoms with Crippen molar-refractivity contribution in [3.63, 3.8) is 0 Å². The summed E-state index contributed by atoms with van der Waals surface area (Å²) in [6.45, 7) is 0. The van der Waals surface area contributed by atoms with Gasteiger partial charge in [-0.15, -0.1) is 0 Å². The van der Waals surface area contributed by atoms with Gasteiger partial charge in [0.15, 0.2) is 0 Å². The van der Waals surface area contributed by atoms with Crippen LogP contribution in [0.25, 0.3) is 0 Å². The van der Waals surface area contributed by atoms with Crippen molar-refractivity contribution in [2.24, 2.45) is 0 Å². The minimum atomic E-state index is 0. The summed E-state index contributed by atoms with van der Waals surface area (Å²) in [5, 5.41) is 0. The van der Waals surface area contributed by atoms with Crippen LogP contribution in [0.15, 0.2) is 22.4 Å². The first-order valence-corrected chi connectivity index (χ1v) is 4.93. The van der Waals surface area contributed by atoms with Crippen LogP contribution in [0, 0.1) is 0 Å². The van der Waals surface area contributed by atoms with E-state index in [4.69, 9.17) is 0 Å². The van der Waals surface area contributed by atoms with E-state index in [-0.39, 0.29) is 29.6 Å². The molecule has 0 aromatic carbocycles. The van der Waals surface area contributed by atoms with Gasteiger partial charge in [-0.2, -0.15) is 0 Å². The topological polar surface area (TPSA) is 0 Å².